The van der Waals surface area contributed by atoms with Crippen LogP contribution in [0.2, 0.25) is 0 Å². The van der Waals surface area contributed by atoms with Crippen molar-refractivity contribution in [2.75, 3.05) is 6.61 Å². The smallest absolute Gasteiger partial charge is 0.267 e. The molecule has 2 aromatic carbocycles. The number of ether oxygens (including phenoxy) is 2. The monoisotopic (exact) mass is 363 g/mol. The third-order valence-corrected chi connectivity index (χ3v) is 4.52. The van der Waals surface area contributed by atoms with Gasteiger partial charge in [0.2, 0.25) is 6.10 Å². The molecule has 1 aliphatic rings. The first kappa shape index (κ1) is 17.2. The van der Waals surface area contributed by atoms with Crippen LogP contribution in [0, 0.1) is 6.92 Å². The predicted octanol–water partition coefficient (Wildman–Crippen LogP) is 3.96. The van der Waals surface area contributed by atoms with Crippen LogP contribution in [0.25, 0.3) is 0 Å². The summed E-state index contributed by atoms with van der Waals surface area (Å²) in [5, 5.41) is 0. The Kier molecular flexibility index (Phi) is 4.83. The zero-order valence-corrected chi connectivity index (χ0v) is 15.1. The molecule has 1 aromatic heterocycles. The number of hydrogen-bond acceptors (Lipinski definition) is 4. The Morgan fingerprint density at radius 2 is 1.78 bits per heavy atom. The van der Waals surface area contributed by atoms with Crippen molar-refractivity contribution < 1.29 is 18.7 Å². The number of nitrogens with zero attached hydrogens (tertiary/aromatic N) is 1. The van der Waals surface area contributed by atoms with Crippen LogP contribution in [0.4, 0.5) is 0 Å². The molecule has 0 saturated heterocycles. The second kappa shape index (κ2) is 7.58. The normalized spacial score (nSPS) is 15.4. The maximum absolute atomic E-state index is 13.2. The summed E-state index contributed by atoms with van der Waals surface area (Å²) in [7, 11) is 0. The third kappa shape index (κ3) is 3.97. The first-order valence-electron chi connectivity index (χ1n) is 8.94. The summed E-state index contributed by atoms with van der Waals surface area (Å²) in [6, 6.07) is 19.2. The average Bonchev–Trinajstić information content (AvgIpc) is 3.21. The van der Waals surface area contributed by atoms with Gasteiger partial charge in [-0.05, 0) is 36.8 Å². The van der Waals surface area contributed by atoms with E-state index in [-0.39, 0.29) is 12.5 Å². The number of furan rings is 1. The van der Waals surface area contributed by atoms with E-state index < -0.39 is 6.10 Å². The van der Waals surface area contributed by atoms with Crippen molar-refractivity contribution in [3.63, 3.8) is 0 Å². The van der Waals surface area contributed by atoms with E-state index in [4.69, 9.17) is 13.9 Å². The lowest BCUT2D eigenvalue weighted by molar-refractivity contribution is -0.142. The lowest BCUT2D eigenvalue weighted by atomic mass is 10.1. The molecule has 0 unspecified atom stereocenters. The number of carbonyl (C=O) groups is 1. The molecule has 1 amide bonds. The molecular formula is C22H21NO4. The van der Waals surface area contributed by atoms with Gasteiger partial charge in [0, 0.05) is 6.54 Å². The maximum Gasteiger partial charge on any atom is 0.267 e. The topological polar surface area (TPSA) is 51.9 Å². The molecule has 5 nitrogen and oxygen atoms in total. The Morgan fingerprint density at radius 1 is 1.00 bits per heavy atom. The van der Waals surface area contributed by atoms with E-state index in [9.17, 15) is 4.79 Å². The second-order valence-corrected chi connectivity index (χ2v) is 6.62. The zero-order chi connectivity index (χ0) is 18.6. The Labute approximate surface area is 158 Å². The van der Waals surface area contributed by atoms with Gasteiger partial charge in [0.15, 0.2) is 11.5 Å². The summed E-state index contributed by atoms with van der Waals surface area (Å²) in [5.74, 6) is 1.86. The Balaban J connectivity index is 1.54. The number of hydrogen-bond donors (Lipinski definition) is 0. The minimum absolute atomic E-state index is 0.124. The Bertz CT molecular complexity index is 902. The van der Waals surface area contributed by atoms with Gasteiger partial charge in [-0.15, -0.1) is 0 Å². The molecule has 0 bridgehead atoms. The Hall–Kier alpha value is -3.21. The molecule has 0 spiro atoms. The molecule has 0 fully saturated rings. The van der Waals surface area contributed by atoms with Crippen molar-refractivity contribution in [3.8, 4) is 11.5 Å². The van der Waals surface area contributed by atoms with Gasteiger partial charge in [-0.2, -0.15) is 0 Å². The molecule has 138 valence electrons. The highest BCUT2D eigenvalue weighted by molar-refractivity contribution is 5.82. The maximum atomic E-state index is 13.2. The average molecular weight is 363 g/mol. The number of benzene rings is 2. The number of amides is 1. The first-order chi connectivity index (χ1) is 13.2. The molecule has 0 aliphatic carbocycles. The number of rotatable bonds is 5. The molecule has 0 radical (unpaired) electrons. The van der Waals surface area contributed by atoms with Crippen molar-refractivity contribution in [1.82, 2.24) is 4.90 Å². The van der Waals surface area contributed by atoms with E-state index in [1.165, 1.54) is 5.56 Å². The number of para-hydroxylation sites is 2. The van der Waals surface area contributed by atoms with Gasteiger partial charge in [0.05, 0.1) is 12.8 Å². The minimum Gasteiger partial charge on any atom is -0.485 e. The summed E-state index contributed by atoms with van der Waals surface area (Å²) >= 11 is 0. The van der Waals surface area contributed by atoms with Gasteiger partial charge in [-0.25, -0.2) is 0 Å². The van der Waals surface area contributed by atoms with Crippen LogP contribution in [0.15, 0.2) is 71.3 Å². The van der Waals surface area contributed by atoms with Crippen LogP contribution < -0.4 is 9.47 Å². The van der Waals surface area contributed by atoms with Gasteiger partial charge in [0.1, 0.15) is 12.4 Å². The summed E-state index contributed by atoms with van der Waals surface area (Å²) < 4.78 is 17.1. The van der Waals surface area contributed by atoms with E-state index in [0.717, 1.165) is 11.3 Å². The SMILES string of the molecule is Cc1ccc(CN(Cc2ccco2)C(=O)[C@H]2COc3ccccc3O2)cc1. The van der Waals surface area contributed by atoms with Gasteiger partial charge < -0.3 is 18.8 Å². The third-order valence-electron chi connectivity index (χ3n) is 4.52. The second-order valence-electron chi connectivity index (χ2n) is 6.62. The fourth-order valence-electron chi connectivity index (χ4n) is 3.06. The van der Waals surface area contributed by atoms with Crippen LogP contribution in [0.5, 0.6) is 11.5 Å². The molecule has 5 heteroatoms. The van der Waals surface area contributed by atoms with E-state index in [1.54, 1.807) is 11.2 Å². The summed E-state index contributed by atoms with van der Waals surface area (Å²) in [6.07, 6.45) is 0.931. The number of aryl methyl sites for hydroxylation is 1. The highest BCUT2D eigenvalue weighted by Crippen LogP contribution is 2.31. The van der Waals surface area contributed by atoms with Crippen molar-refractivity contribution in [2.45, 2.75) is 26.1 Å². The molecule has 3 aromatic rings. The summed E-state index contributed by atoms with van der Waals surface area (Å²) in [5.41, 5.74) is 2.24. The summed E-state index contributed by atoms with van der Waals surface area (Å²) in [6.45, 7) is 3.08. The lowest BCUT2D eigenvalue weighted by Gasteiger charge is -2.30. The molecule has 0 N–H and O–H groups in total. The van der Waals surface area contributed by atoms with Crippen molar-refractivity contribution in [1.29, 1.82) is 0 Å². The van der Waals surface area contributed by atoms with E-state index >= 15 is 0 Å². The standard InChI is InChI=1S/C22H21NO4/c1-16-8-10-17(11-9-16)13-23(14-18-5-4-12-25-18)22(24)21-15-26-19-6-2-3-7-20(19)27-21/h2-12,21H,13-15H2,1H3/t21-/m1/s1. The van der Waals surface area contributed by atoms with Crippen molar-refractivity contribution in [2.24, 2.45) is 0 Å². The van der Waals surface area contributed by atoms with Crippen LogP contribution >= 0.6 is 0 Å². The van der Waals surface area contributed by atoms with Gasteiger partial charge >= 0.3 is 0 Å². The van der Waals surface area contributed by atoms with Crippen molar-refractivity contribution >= 4 is 5.91 Å². The van der Waals surface area contributed by atoms with Gasteiger partial charge in [-0.1, -0.05) is 42.0 Å². The zero-order valence-electron chi connectivity index (χ0n) is 15.1. The predicted molar refractivity (Wildman–Crippen MR) is 100 cm³/mol. The Morgan fingerprint density at radius 3 is 2.52 bits per heavy atom. The van der Waals surface area contributed by atoms with E-state index in [2.05, 4.69) is 0 Å². The fourth-order valence-corrected chi connectivity index (χ4v) is 3.06. The molecule has 2 heterocycles. The van der Waals surface area contributed by atoms with Crippen LogP contribution in [-0.2, 0) is 17.9 Å². The van der Waals surface area contributed by atoms with Crippen LogP contribution in [0.1, 0.15) is 16.9 Å². The highest BCUT2D eigenvalue weighted by atomic mass is 16.6. The molecule has 1 atom stereocenters. The van der Waals surface area contributed by atoms with E-state index in [0.29, 0.717) is 24.6 Å². The van der Waals surface area contributed by atoms with Crippen molar-refractivity contribution in [3.05, 3.63) is 83.8 Å². The number of carbonyl (C=O) groups excluding carboxylic acids is 1. The largest absolute Gasteiger partial charge is 0.485 e. The lowest BCUT2D eigenvalue weighted by Crippen LogP contribution is -2.45. The van der Waals surface area contributed by atoms with Crippen LogP contribution in [0.3, 0.4) is 0 Å². The number of fused-ring (bicyclic) bond motifs is 1. The highest BCUT2D eigenvalue weighted by Gasteiger charge is 2.31. The molecule has 27 heavy (non-hydrogen) atoms. The minimum atomic E-state index is -0.680. The van der Waals surface area contributed by atoms with Crippen LogP contribution in [-0.4, -0.2) is 23.5 Å². The van der Waals surface area contributed by atoms with E-state index in [1.807, 2.05) is 67.6 Å². The quantitative estimate of drug-likeness (QED) is 0.689. The molecule has 0 saturated carbocycles. The molecular weight excluding hydrogens is 342 g/mol. The first-order valence-corrected chi connectivity index (χ1v) is 8.94. The fraction of sp³-hybridized carbons (Fsp3) is 0.227. The molecule has 4 rings (SSSR count). The molecule has 1 aliphatic heterocycles. The van der Waals surface area contributed by atoms with Gasteiger partial charge in [-0.3, -0.25) is 4.79 Å². The van der Waals surface area contributed by atoms with Gasteiger partial charge in [0.25, 0.3) is 5.91 Å². The summed E-state index contributed by atoms with van der Waals surface area (Å²) in [4.78, 5) is 14.9.